The number of hydrogen-bond acceptors (Lipinski definition) is 3. The normalized spacial score (nSPS) is 12.5. The molecule has 0 aliphatic rings. The summed E-state index contributed by atoms with van der Waals surface area (Å²) < 4.78 is 18.3. The molecule has 0 amide bonds. The molecule has 1 aromatic carbocycles. The summed E-state index contributed by atoms with van der Waals surface area (Å²) in [5, 5.41) is 3.38. The quantitative estimate of drug-likeness (QED) is 0.817. The molecular weight excluding hydrogens is 269 g/mol. The van der Waals surface area contributed by atoms with Gasteiger partial charge in [0.1, 0.15) is 11.9 Å². The number of halogens is 2. The Balaban J connectivity index is 2.67. The maximum absolute atomic E-state index is 13.6. The van der Waals surface area contributed by atoms with E-state index >= 15 is 0 Å². The van der Waals surface area contributed by atoms with Gasteiger partial charge in [0, 0.05) is 17.1 Å². The number of esters is 1. The van der Waals surface area contributed by atoms with Crippen molar-refractivity contribution in [3.8, 4) is 0 Å². The van der Waals surface area contributed by atoms with Crippen molar-refractivity contribution in [1.82, 2.24) is 5.32 Å². The Morgan fingerprint density at radius 2 is 2.16 bits per heavy atom. The average Bonchev–Trinajstić information content (AvgIpc) is 2.34. The molecule has 3 nitrogen and oxygen atoms in total. The second kappa shape index (κ2) is 7.46. The SMILES string of the molecule is COC(=O)C(CC(C)C)NCc1ccc(Cl)cc1F. The van der Waals surface area contributed by atoms with Gasteiger partial charge in [-0.05, 0) is 24.5 Å². The first-order valence-corrected chi connectivity index (χ1v) is 6.57. The molecule has 0 saturated carbocycles. The molecule has 1 aromatic rings. The fourth-order valence-electron chi connectivity index (χ4n) is 1.77. The molecule has 106 valence electrons. The van der Waals surface area contributed by atoms with Gasteiger partial charge >= 0.3 is 5.97 Å². The highest BCUT2D eigenvalue weighted by atomic mass is 35.5. The molecule has 0 bridgehead atoms. The number of ether oxygens (including phenoxy) is 1. The van der Waals surface area contributed by atoms with Gasteiger partial charge in [-0.15, -0.1) is 0 Å². The predicted octanol–water partition coefficient (Wildman–Crippen LogP) is 3.16. The van der Waals surface area contributed by atoms with Crippen molar-refractivity contribution in [2.45, 2.75) is 32.9 Å². The molecule has 0 saturated heterocycles. The van der Waals surface area contributed by atoms with Crippen molar-refractivity contribution < 1.29 is 13.9 Å². The second-order valence-corrected chi connectivity index (χ2v) is 5.26. The summed E-state index contributed by atoms with van der Waals surface area (Å²) in [6.45, 7) is 4.29. The fourth-order valence-corrected chi connectivity index (χ4v) is 1.93. The van der Waals surface area contributed by atoms with Crippen LogP contribution < -0.4 is 5.32 Å². The van der Waals surface area contributed by atoms with Crippen LogP contribution in [0.3, 0.4) is 0 Å². The van der Waals surface area contributed by atoms with Crippen molar-refractivity contribution in [3.05, 3.63) is 34.6 Å². The summed E-state index contributed by atoms with van der Waals surface area (Å²) in [6, 6.07) is 4.06. The van der Waals surface area contributed by atoms with E-state index in [0.717, 1.165) is 0 Å². The minimum absolute atomic E-state index is 0.259. The number of nitrogens with one attached hydrogen (secondary N) is 1. The summed E-state index contributed by atoms with van der Waals surface area (Å²) in [5.74, 6) is -0.372. The summed E-state index contributed by atoms with van der Waals surface area (Å²) in [4.78, 5) is 11.6. The topological polar surface area (TPSA) is 38.3 Å². The third-order valence-corrected chi connectivity index (χ3v) is 2.98. The maximum atomic E-state index is 13.6. The van der Waals surface area contributed by atoms with Crippen LogP contribution in [0.1, 0.15) is 25.8 Å². The van der Waals surface area contributed by atoms with Crippen molar-refractivity contribution in [1.29, 1.82) is 0 Å². The Hall–Kier alpha value is -1.13. The second-order valence-electron chi connectivity index (χ2n) is 4.82. The van der Waals surface area contributed by atoms with E-state index in [-0.39, 0.29) is 18.3 Å². The Morgan fingerprint density at radius 3 is 2.68 bits per heavy atom. The first-order chi connectivity index (χ1) is 8.93. The molecule has 0 heterocycles. The van der Waals surface area contributed by atoms with E-state index in [1.165, 1.54) is 13.2 Å². The van der Waals surface area contributed by atoms with Gasteiger partial charge in [0.2, 0.25) is 0 Å². The zero-order valence-corrected chi connectivity index (χ0v) is 12.1. The molecular formula is C14H19ClFNO2. The van der Waals surface area contributed by atoms with Crippen LogP contribution in [-0.4, -0.2) is 19.1 Å². The highest BCUT2D eigenvalue weighted by molar-refractivity contribution is 6.30. The van der Waals surface area contributed by atoms with E-state index in [1.807, 2.05) is 13.8 Å². The molecule has 1 unspecified atom stereocenters. The molecule has 0 radical (unpaired) electrons. The lowest BCUT2D eigenvalue weighted by atomic mass is 10.0. The first-order valence-electron chi connectivity index (χ1n) is 6.19. The maximum Gasteiger partial charge on any atom is 0.322 e. The van der Waals surface area contributed by atoms with Crippen LogP contribution in [0.4, 0.5) is 4.39 Å². The number of rotatable bonds is 6. The monoisotopic (exact) mass is 287 g/mol. The molecule has 1 N–H and O–H groups in total. The Morgan fingerprint density at radius 1 is 1.47 bits per heavy atom. The lowest BCUT2D eigenvalue weighted by molar-refractivity contribution is -0.143. The van der Waals surface area contributed by atoms with Crippen LogP contribution in [0.2, 0.25) is 5.02 Å². The molecule has 0 spiro atoms. The van der Waals surface area contributed by atoms with Gasteiger partial charge in [0.25, 0.3) is 0 Å². The molecule has 0 aliphatic carbocycles. The molecule has 0 aliphatic heterocycles. The van der Waals surface area contributed by atoms with Gasteiger partial charge in [0.15, 0.2) is 0 Å². The largest absolute Gasteiger partial charge is 0.468 e. The van der Waals surface area contributed by atoms with Crippen molar-refractivity contribution in [2.24, 2.45) is 5.92 Å². The highest BCUT2D eigenvalue weighted by Gasteiger charge is 2.20. The van der Waals surface area contributed by atoms with E-state index in [1.54, 1.807) is 12.1 Å². The lowest BCUT2D eigenvalue weighted by Gasteiger charge is -2.18. The minimum atomic E-state index is -0.430. The van der Waals surface area contributed by atoms with Crippen LogP contribution in [-0.2, 0) is 16.1 Å². The summed E-state index contributed by atoms with van der Waals surface area (Å²) in [7, 11) is 1.35. The first kappa shape index (κ1) is 15.9. The van der Waals surface area contributed by atoms with E-state index in [4.69, 9.17) is 16.3 Å². The van der Waals surface area contributed by atoms with E-state index < -0.39 is 6.04 Å². The number of carbonyl (C=O) groups excluding carboxylic acids is 1. The Bertz CT molecular complexity index is 437. The van der Waals surface area contributed by atoms with Gasteiger partial charge < -0.3 is 10.1 Å². The summed E-state index contributed by atoms with van der Waals surface area (Å²) in [5.41, 5.74) is 0.474. The molecule has 0 fully saturated rings. The number of methoxy groups -OCH3 is 1. The number of carbonyl (C=O) groups is 1. The van der Waals surface area contributed by atoms with Gasteiger partial charge in [-0.1, -0.05) is 31.5 Å². The van der Waals surface area contributed by atoms with E-state index in [0.29, 0.717) is 22.9 Å². The number of benzene rings is 1. The summed E-state index contributed by atoms with van der Waals surface area (Å²) >= 11 is 5.69. The molecule has 1 rings (SSSR count). The van der Waals surface area contributed by atoms with Crippen molar-refractivity contribution in [2.75, 3.05) is 7.11 Å². The van der Waals surface area contributed by atoms with Gasteiger partial charge in [-0.25, -0.2) is 4.39 Å². The third kappa shape index (κ3) is 5.17. The van der Waals surface area contributed by atoms with Crippen LogP contribution in [0.15, 0.2) is 18.2 Å². The Kier molecular flexibility index (Phi) is 6.25. The van der Waals surface area contributed by atoms with Gasteiger partial charge in [-0.2, -0.15) is 0 Å². The summed E-state index contributed by atoms with van der Waals surface area (Å²) in [6.07, 6.45) is 0.641. The Labute approximate surface area is 118 Å². The van der Waals surface area contributed by atoms with Crippen LogP contribution in [0, 0.1) is 11.7 Å². The van der Waals surface area contributed by atoms with E-state index in [9.17, 15) is 9.18 Å². The van der Waals surface area contributed by atoms with E-state index in [2.05, 4.69) is 5.32 Å². The minimum Gasteiger partial charge on any atom is -0.468 e. The van der Waals surface area contributed by atoms with Crippen LogP contribution in [0.5, 0.6) is 0 Å². The average molecular weight is 288 g/mol. The molecule has 1 atom stereocenters. The van der Waals surface area contributed by atoms with Crippen molar-refractivity contribution >= 4 is 17.6 Å². The van der Waals surface area contributed by atoms with Crippen LogP contribution in [0.25, 0.3) is 0 Å². The predicted molar refractivity (Wildman–Crippen MR) is 73.5 cm³/mol. The smallest absolute Gasteiger partial charge is 0.322 e. The molecule has 0 aromatic heterocycles. The van der Waals surface area contributed by atoms with Crippen molar-refractivity contribution in [3.63, 3.8) is 0 Å². The zero-order chi connectivity index (χ0) is 14.4. The van der Waals surface area contributed by atoms with Gasteiger partial charge in [-0.3, -0.25) is 4.79 Å². The third-order valence-electron chi connectivity index (χ3n) is 2.75. The molecule has 19 heavy (non-hydrogen) atoms. The van der Waals surface area contributed by atoms with Gasteiger partial charge in [0.05, 0.1) is 7.11 Å². The zero-order valence-electron chi connectivity index (χ0n) is 11.4. The fraction of sp³-hybridized carbons (Fsp3) is 0.500. The molecule has 5 heteroatoms. The number of hydrogen-bond donors (Lipinski definition) is 1. The highest BCUT2D eigenvalue weighted by Crippen LogP contribution is 2.15. The van der Waals surface area contributed by atoms with Crippen LogP contribution >= 0.6 is 11.6 Å². The lowest BCUT2D eigenvalue weighted by Crippen LogP contribution is -2.38. The standard InChI is InChI=1S/C14H19ClFNO2/c1-9(2)6-13(14(18)19-3)17-8-10-4-5-11(15)7-12(10)16/h4-5,7,9,13,17H,6,8H2,1-3H3.